The number of carbonyl (C=O) groups excluding carboxylic acids is 1. The van der Waals surface area contributed by atoms with E-state index in [1.165, 1.54) is 4.90 Å². The van der Waals surface area contributed by atoms with Crippen LogP contribution in [0.3, 0.4) is 0 Å². The number of alkyl halides is 2. The number of carbonyl (C=O) groups is 1. The van der Waals surface area contributed by atoms with E-state index in [1.54, 1.807) is 19.1 Å². The first kappa shape index (κ1) is 11.0. The van der Waals surface area contributed by atoms with Crippen LogP contribution in [0.5, 0.6) is 0 Å². The van der Waals surface area contributed by atoms with Crippen molar-refractivity contribution in [3.8, 4) is 0 Å². The largest absolute Gasteiger partial charge is 0.316 e. The first-order valence-corrected chi connectivity index (χ1v) is 5.30. The fourth-order valence-corrected chi connectivity index (χ4v) is 2.13. The van der Waals surface area contributed by atoms with E-state index >= 15 is 0 Å². The number of halogens is 2. The zero-order valence-corrected chi connectivity index (χ0v) is 8.99. The summed E-state index contributed by atoms with van der Waals surface area (Å²) in [6, 6.07) is 7.08. The van der Waals surface area contributed by atoms with E-state index < -0.39 is 12.3 Å². The molecule has 0 aliphatic carbocycles. The summed E-state index contributed by atoms with van der Waals surface area (Å²) < 4.78 is 25.0. The summed E-state index contributed by atoms with van der Waals surface area (Å²) in [6.45, 7) is 1.80. The molecule has 1 aromatic carbocycles. The SMILES string of the molecule is CC1CCc2ccccc2N1C(=O)C(F)F. The van der Waals surface area contributed by atoms with Crippen molar-refractivity contribution >= 4 is 11.6 Å². The number of rotatable bonds is 1. The third-order valence-electron chi connectivity index (χ3n) is 2.95. The van der Waals surface area contributed by atoms with Gasteiger partial charge in [0.15, 0.2) is 0 Å². The van der Waals surface area contributed by atoms with Gasteiger partial charge in [-0.2, -0.15) is 8.78 Å². The third-order valence-corrected chi connectivity index (χ3v) is 2.95. The molecule has 0 fully saturated rings. The average molecular weight is 225 g/mol. The molecule has 0 saturated carbocycles. The molecule has 16 heavy (non-hydrogen) atoms. The van der Waals surface area contributed by atoms with Gasteiger partial charge in [0.2, 0.25) is 0 Å². The van der Waals surface area contributed by atoms with Gasteiger partial charge < -0.3 is 4.90 Å². The average Bonchev–Trinajstić information content (AvgIpc) is 2.28. The molecule has 2 nitrogen and oxygen atoms in total. The molecule has 1 heterocycles. The lowest BCUT2D eigenvalue weighted by Crippen LogP contribution is -2.45. The van der Waals surface area contributed by atoms with Crippen LogP contribution < -0.4 is 4.90 Å². The highest BCUT2D eigenvalue weighted by Crippen LogP contribution is 2.31. The normalized spacial score (nSPS) is 19.8. The van der Waals surface area contributed by atoms with Gasteiger partial charge in [0.05, 0.1) is 0 Å². The second-order valence-corrected chi connectivity index (χ2v) is 4.03. The van der Waals surface area contributed by atoms with Gasteiger partial charge in [-0.15, -0.1) is 0 Å². The fraction of sp³-hybridized carbons (Fsp3) is 0.417. The Labute approximate surface area is 92.9 Å². The van der Waals surface area contributed by atoms with E-state index in [-0.39, 0.29) is 6.04 Å². The summed E-state index contributed by atoms with van der Waals surface area (Å²) in [5, 5.41) is 0. The van der Waals surface area contributed by atoms with Crippen LogP contribution in [0.1, 0.15) is 18.9 Å². The Morgan fingerprint density at radius 3 is 2.81 bits per heavy atom. The molecule has 0 spiro atoms. The monoisotopic (exact) mass is 225 g/mol. The Hall–Kier alpha value is -1.45. The summed E-state index contributed by atoms with van der Waals surface area (Å²) >= 11 is 0. The highest BCUT2D eigenvalue weighted by molar-refractivity contribution is 5.97. The van der Waals surface area contributed by atoms with Crippen LogP contribution in [0, 0.1) is 0 Å². The topological polar surface area (TPSA) is 20.3 Å². The van der Waals surface area contributed by atoms with Gasteiger partial charge in [0.25, 0.3) is 5.91 Å². The number of aryl methyl sites for hydroxylation is 1. The van der Waals surface area contributed by atoms with E-state index in [0.717, 1.165) is 18.4 Å². The highest BCUT2D eigenvalue weighted by Gasteiger charge is 2.32. The molecule has 86 valence electrons. The van der Waals surface area contributed by atoms with Crippen LogP contribution in [-0.4, -0.2) is 18.4 Å². The molecule has 1 aromatic rings. The van der Waals surface area contributed by atoms with Gasteiger partial charge in [0, 0.05) is 11.7 Å². The molecular weight excluding hydrogens is 212 g/mol. The lowest BCUT2D eigenvalue weighted by atomic mass is 9.96. The molecule has 1 aliphatic rings. The van der Waals surface area contributed by atoms with Crippen molar-refractivity contribution in [2.75, 3.05) is 4.90 Å². The zero-order valence-electron chi connectivity index (χ0n) is 8.99. The van der Waals surface area contributed by atoms with Gasteiger partial charge in [0.1, 0.15) is 0 Å². The fourth-order valence-electron chi connectivity index (χ4n) is 2.13. The third kappa shape index (κ3) is 1.79. The molecular formula is C12H13F2NO. The first-order valence-electron chi connectivity index (χ1n) is 5.30. The minimum Gasteiger partial charge on any atom is -0.304 e. The second kappa shape index (κ2) is 4.20. The van der Waals surface area contributed by atoms with Crippen LogP contribution in [0.4, 0.5) is 14.5 Å². The molecule has 1 unspecified atom stereocenters. The number of hydrogen-bond donors (Lipinski definition) is 0. The molecule has 0 saturated heterocycles. The van der Waals surface area contributed by atoms with Crippen molar-refractivity contribution in [1.82, 2.24) is 0 Å². The smallest absolute Gasteiger partial charge is 0.304 e. The Morgan fingerprint density at radius 1 is 1.44 bits per heavy atom. The van der Waals surface area contributed by atoms with Crippen molar-refractivity contribution in [2.45, 2.75) is 32.2 Å². The second-order valence-electron chi connectivity index (χ2n) is 4.03. The van der Waals surface area contributed by atoms with Crippen LogP contribution in [0.25, 0.3) is 0 Å². The van der Waals surface area contributed by atoms with Gasteiger partial charge in [-0.1, -0.05) is 18.2 Å². The molecule has 0 radical (unpaired) electrons. The van der Waals surface area contributed by atoms with E-state index in [9.17, 15) is 13.6 Å². The van der Waals surface area contributed by atoms with Crippen molar-refractivity contribution in [1.29, 1.82) is 0 Å². The number of benzene rings is 1. The van der Waals surface area contributed by atoms with Crippen LogP contribution >= 0.6 is 0 Å². The lowest BCUT2D eigenvalue weighted by molar-refractivity contribution is -0.129. The number of anilines is 1. The predicted molar refractivity (Wildman–Crippen MR) is 57.7 cm³/mol. The van der Waals surface area contributed by atoms with Gasteiger partial charge in [-0.3, -0.25) is 4.79 Å². The van der Waals surface area contributed by atoms with Crippen LogP contribution in [0.2, 0.25) is 0 Å². The Bertz CT molecular complexity index is 406. The van der Waals surface area contributed by atoms with Gasteiger partial charge in [-0.05, 0) is 31.4 Å². The minimum atomic E-state index is -2.94. The Kier molecular flexibility index (Phi) is 2.90. The quantitative estimate of drug-likeness (QED) is 0.719. The number of amides is 1. The summed E-state index contributed by atoms with van der Waals surface area (Å²) in [5.74, 6) is -1.10. The summed E-state index contributed by atoms with van der Waals surface area (Å²) in [6.07, 6.45) is -1.37. The minimum absolute atomic E-state index is 0.156. The molecule has 1 amide bonds. The van der Waals surface area contributed by atoms with Gasteiger partial charge >= 0.3 is 6.43 Å². The molecule has 0 N–H and O–H groups in total. The maximum atomic E-state index is 12.5. The summed E-state index contributed by atoms with van der Waals surface area (Å²) in [5.41, 5.74) is 1.60. The number of para-hydroxylation sites is 1. The van der Waals surface area contributed by atoms with E-state index in [0.29, 0.717) is 5.69 Å². The summed E-state index contributed by atoms with van der Waals surface area (Å²) in [4.78, 5) is 12.7. The van der Waals surface area contributed by atoms with Crippen molar-refractivity contribution in [3.63, 3.8) is 0 Å². The number of fused-ring (bicyclic) bond motifs is 1. The maximum Gasteiger partial charge on any atom is 0.316 e. The predicted octanol–water partition coefficient (Wildman–Crippen LogP) is 2.62. The Balaban J connectivity index is 2.40. The van der Waals surface area contributed by atoms with Gasteiger partial charge in [-0.25, -0.2) is 0 Å². The summed E-state index contributed by atoms with van der Waals surface area (Å²) in [7, 11) is 0. The van der Waals surface area contributed by atoms with E-state index in [4.69, 9.17) is 0 Å². The Morgan fingerprint density at radius 2 is 2.12 bits per heavy atom. The maximum absolute atomic E-state index is 12.5. The van der Waals surface area contributed by atoms with Crippen LogP contribution in [0.15, 0.2) is 24.3 Å². The standard InChI is InChI=1S/C12H13F2NO/c1-8-6-7-9-4-2-3-5-10(9)15(8)12(16)11(13)14/h2-5,8,11H,6-7H2,1H3. The molecule has 0 aromatic heterocycles. The van der Waals surface area contributed by atoms with E-state index in [2.05, 4.69) is 0 Å². The van der Waals surface area contributed by atoms with Crippen LogP contribution in [-0.2, 0) is 11.2 Å². The molecule has 0 bridgehead atoms. The molecule has 1 atom stereocenters. The lowest BCUT2D eigenvalue weighted by Gasteiger charge is -2.35. The highest BCUT2D eigenvalue weighted by atomic mass is 19.3. The zero-order chi connectivity index (χ0) is 11.7. The van der Waals surface area contributed by atoms with E-state index in [1.807, 2.05) is 12.1 Å². The van der Waals surface area contributed by atoms with Crippen molar-refractivity contribution in [2.24, 2.45) is 0 Å². The first-order chi connectivity index (χ1) is 7.61. The van der Waals surface area contributed by atoms with Crippen molar-refractivity contribution in [3.05, 3.63) is 29.8 Å². The van der Waals surface area contributed by atoms with Crippen molar-refractivity contribution < 1.29 is 13.6 Å². The molecule has 4 heteroatoms. The molecule has 2 rings (SSSR count). The molecule has 1 aliphatic heterocycles. The number of nitrogens with zero attached hydrogens (tertiary/aromatic N) is 1. The number of hydrogen-bond acceptors (Lipinski definition) is 1.